The van der Waals surface area contributed by atoms with Crippen molar-refractivity contribution in [1.29, 1.82) is 0 Å². The molecule has 1 amide bonds. The van der Waals surface area contributed by atoms with Crippen LogP contribution in [0.1, 0.15) is 18.1 Å². The minimum absolute atomic E-state index is 0.113. The highest BCUT2D eigenvalue weighted by atomic mass is 16.5. The first-order chi connectivity index (χ1) is 12.1. The fraction of sp³-hybridized carbons (Fsp3) is 0.100. The molecule has 1 aliphatic rings. The molecule has 1 N–H and O–H groups in total. The van der Waals surface area contributed by atoms with Gasteiger partial charge < -0.3 is 14.6 Å². The molecule has 5 nitrogen and oxygen atoms in total. The number of anilines is 1. The summed E-state index contributed by atoms with van der Waals surface area (Å²) in [4.78, 5) is 23.5. The van der Waals surface area contributed by atoms with Gasteiger partial charge in [-0.15, -0.1) is 0 Å². The van der Waals surface area contributed by atoms with Crippen LogP contribution in [0.5, 0.6) is 0 Å². The summed E-state index contributed by atoms with van der Waals surface area (Å²) in [6.45, 7) is 1.52. The lowest BCUT2D eigenvalue weighted by Crippen LogP contribution is -2.05. The van der Waals surface area contributed by atoms with Gasteiger partial charge in [0.1, 0.15) is 0 Å². The Hall–Kier alpha value is -3.34. The zero-order valence-corrected chi connectivity index (χ0v) is 13.7. The molecule has 3 aromatic rings. The van der Waals surface area contributed by atoms with Gasteiger partial charge in [-0.3, -0.25) is 9.59 Å². The van der Waals surface area contributed by atoms with Crippen molar-refractivity contribution in [3.05, 3.63) is 65.9 Å². The Labute approximate surface area is 144 Å². The lowest BCUT2D eigenvalue weighted by Gasteiger charge is -2.04. The summed E-state index contributed by atoms with van der Waals surface area (Å²) in [5, 5.41) is 3.88. The van der Waals surface area contributed by atoms with E-state index in [9.17, 15) is 9.59 Å². The molecule has 0 atom stereocenters. The minimum Gasteiger partial charge on any atom is -0.444 e. The van der Waals surface area contributed by atoms with E-state index in [0.717, 1.165) is 27.7 Å². The number of aromatic nitrogens is 1. The number of hydrogen-bond acceptors (Lipinski definition) is 3. The third-order valence-electron chi connectivity index (χ3n) is 4.24. The van der Waals surface area contributed by atoms with Crippen LogP contribution in [0.4, 0.5) is 5.69 Å². The molecule has 25 heavy (non-hydrogen) atoms. The smallest absolute Gasteiger partial charge is 0.304 e. The summed E-state index contributed by atoms with van der Waals surface area (Å²) in [6.07, 6.45) is 3.78. The number of benzene rings is 2. The van der Waals surface area contributed by atoms with Gasteiger partial charge >= 0.3 is 5.97 Å². The molecule has 0 bridgehead atoms. The maximum atomic E-state index is 12.3. The molecular weight excluding hydrogens is 316 g/mol. The number of ether oxygens (including phenoxy) is 1. The average Bonchev–Trinajstić information content (AvgIpc) is 3.12. The van der Waals surface area contributed by atoms with Crippen LogP contribution in [-0.2, 0) is 21.1 Å². The van der Waals surface area contributed by atoms with Gasteiger partial charge in [-0.1, -0.05) is 36.4 Å². The molecule has 2 heterocycles. The third kappa shape index (κ3) is 2.70. The van der Waals surface area contributed by atoms with E-state index in [2.05, 4.69) is 5.32 Å². The van der Waals surface area contributed by atoms with E-state index in [0.29, 0.717) is 5.57 Å². The summed E-state index contributed by atoms with van der Waals surface area (Å²) in [6, 6.07) is 15.5. The number of carbonyl (C=O) groups excluding carboxylic acids is 2. The fourth-order valence-corrected chi connectivity index (χ4v) is 3.10. The molecule has 0 spiro atoms. The van der Waals surface area contributed by atoms with E-state index >= 15 is 0 Å². The van der Waals surface area contributed by atoms with Crippen molar-refractivity contribution in [2.75, 3.05) is 5.32 Å². The number of nitrogens with zero attached hydrogens (tertiary/aromatic N) is 1. The number of fused-ring (bicyclic) bond motifs is 2. The molecule has 0 saturated heterocycles. The number of esters is 1. The van der Waals surface area contributed by atoms with Crippen molar-refractivity contribution in [2.24, 2.45) is 0 Å². The highest BCUT2D eigenvalue weighted by Gasteiger charge is 2.23. The van der Waals surface area contributed by atoms with E-state index < -0.39 is 0 Å². The van der Waals surface area contributed by atoms with Gasteiger partial charge in [-0.25, -0.2) is 0 Å². The van der Waals surface area contributed by atoms with Crippen LogP contribution in [0.3, 0.4) is 0 Å². The molecule has 0 radical (unpaired) electrons. The lowest BCUT2D eigenvalue weighted by molar-refractivity contribution is -0.144. The quantitative estimate of drug-likeness (QED) is 0.588. The fourth-order valence-electron chi connectivity index (χ4n) is 3.10. The van der Waals surface area contributed by atoms with E-state index in [1.54, 1.807) is 0 Å². The van der Waals surface area contributed by atoms with Crippen molar-refractivity contribution in [2.45, 2.75) is 13.7 Å². The molecule has 0 fully saturated rings. The predicted molar refractivity (Wildman–Crippen MR) is 96.6 cm³/mol. The predicted octanol–water partition coefficient (Wildman–Crippen LogP) is 3.65. The minimum atomic E-state index is -0.332. The monoisotopic (exact) mass is 332 g/mol. The molecule has 124 valence electrons. The third-order valence-corrected chi connectivity index (χ3v) is 4.24. The number of nitrogens with one attached hydrogen (secondary N) is 1. The van der Waals surface area contributed by atoms with Crippen LogP contribution in [0, 0.1) is 0 Å². The summed E-state index contributed by atoms with van der Waals surface area (Å²) in [5.41, 5.74) is 4.20. The van der Waals surface area contributed by atoms with Crippen LogP contribution in [0.2, 0.25) is 0 Å². The van der Waals surface area contributed by atoms with Gasteiger partial charge in [-0.2, -0.15) is 0 Å². The SMILES string of the molecule is CC(=O)OCn1cc(/C=C2\C(=O)Nc3ccccc32)c2ccccc21. The van der Waals surface area contributed by atoms with E-state index in [1.165, 1.54) is 6.92 Å². The van der Waals surface area contributed by atoms with Gasteiger partial charge in [-0.05, 0) is 18.2 Å². The van der Waals surface area contributed by atoms with Crippen molar-refractivity contribution in [3.8, 4) is 0 Å². The van der Waals surface area contributed by atoms with Gasteiger partial charge in [0.2, 0.25) is 0 Å². The second-order valence-electron chi connectivity index (χ2n) is 5.89. The number of amides is 1. The standard InChI is InChI=1S/C20H16N2O3/c1-13(23)25-12-22-11-14(15-6-3-5-9-19(15)22)10-17-16-7-2-4-8-18(16)21-20(17)24/h2-11H,12H2,1H3,(H,21,24)/b17-10-. The van der Waals surface area contributed by atoms with Crippen molar-refractivity contribution in [1.82, 2.24) is 4.57 Å². The summed E-state index contributed by atoms with van der Waals surface area (Å²) in [5.74, 6) is -0.445. The van der Waals surface area contributed by atoms with E-state index in [-0.39, 0.29) is 18.6 Å². The highest BCUT2D eigenvalue weighted by molar-refractivity contribution is 6.35. The number of para-hydroxylation sites is 2. The molecule has 2 aromatic carbocycles. The molecule has 0 aliphatic carbocycles. The van der Waals surface area contributed by atoms with Crippen LogP contribution in [-0.4, -0.2) is 16.4 Å². The Balaban J connectivity index is 1.82. The van der Waals surface area contributed by atoms with Crippen molar-refractivity contribution >= 4 is 40.1 Å². The molecule has 1 aliphatic heterocycles. The summed E-state index contributed by atoms with van der Waals surface area (Å²) >= 11 is 0. The Kier molecular flexibility index (Phi) is 3.61. The summed E-state index contributed by atoms with van der Waals surface area (Å²) < 4.78 is 6.98. The molecule has 0 unspecified atom stereocenters. The van der Waals surface area contributed by atoms with E-state index in [4.69, 9.17) is 4.74 Å². The van der Waals surface area contributed by atoms with Crippen molar-refractivity contribution < 1.29 is 14.3 Å². The molecular formula is C20H16N2O3. The van der Waals surface area contributed by atoms with Gasteiger partial charge in [0, 0.05) is 40.9 Å². The number of rotatable bonds is 3. The first-order valence-corrected chi connectivity index (χ1v) is 7.97. The zero-order chi connectivity index (χ0) is 17.4. The molecule has 5 heteroatoms. The zero-order valence-electron chi connectivity index (χ0n) is 13.7. The average molecular weight is 332 g/mol. The van der Waals surface area contributed by atoms with Gasteiger partial charge in [0.15, 0.2) is 6.73 Å². The van der Waals surface area contributed by atoms with Crippen LogP contribution in [0.25, 0.3) is 22.6 Å². The maximum Gasteiger partial charge on any atom is 0.304 e. The number of hydrogen-bond donors (Lipinski definition) is 1. The van der Waals surface area contributed by atoms with Crippen LogP contribution in [0.15, 0.2) is 54.7 Å². The van der Waals surface area contributed by atoms with Gasteiger partial charge in [0.25, 0.3) is 5.91 Å². The molecule has 0 saturated carbocycles. The van der Waals surface area contributed by atoms with Crippen LogP contribution < -0.4 is 5.32 Å². The Morgan fingerprint density at radius 1 is 1.16 bits per heavy atom. The Morgan fingerprint density at radius 2 is 1.92 bits per heavy atom. The topological polar surface area (TPSA) is 60.3 Å². The molecule has 4 rings (SSSR count). The second kappa shape index (κ2) is 5.94. The van der Waals surface area contributed by atoms with E-state index in [1.807, 2.05) is 65.4 Å². The lowest BCUT2D eigenvalue weighted by atomic mass is 10.0. The second-order valence-corrected chi connectivity index (χ2v) is 5.89. The van der Waals surface area contributed by atoms with Crippen molar-refractivity contribution in [3.63, 3.8) is 0 Å². The largest absolute Gasteiger partial charge is 0.444 e. The van der Waals surface area contributed by atoms with Gasteiger partial charge in [0.05, 0.1) is 5.52 Å². The first kappa shape index (κ1) is 15.2. The molecule has 1 aromatic heterocycles. The summed E-state index contributed by atoms with van der Waals surface area (Å²) in [7, 11) is 0. The first-order valence-electron chi connectivity index (χ1n) is 7.97. The number of carbonyl (C=O) groups is 2. The Morgan fingerprint density at radius 3 is 2.76 bits per heavy atom. The maximum absolute atomic E-state index is 12.3. The Bertz CT molecular complexity index is 1030. The normalized spacial score (nSPS) is 14.6. The highest BCUT2D eigenvalue weighted by Crippen LogP contribution is 2.34. The van der Waals surface area contributed by atoms with Crippen LogP contribution >= 0.6 is 0 Å².